The monoisotopic (exact) mass is 162 g/mol. The zero-order valence-electron chi connectivity index (χ0n) is 8.33. The molecule has 1 aromatic rings. The summed E-state index contributed by atoms with van der Waals surface area (Å²) < 4.78 is 6.83. The fourth-order valence-electron chi connectivity index (χ4n) is 1.10. The van der Waals surface area contributed by atoms with Gasteiger partial charge in [-0.3, -0.25) is 0 Å². The number of hydrogen-bond acceptors (Lipinski definition) is 1. The van der Waals surface area contributed by atoms with Crippen LogP contribution in [0.15, 0.2) is 43.0 Å². The van der Waals surface area contributed by atoms with Crippen LogP contribution in [0.3, 0.4) is 0 Å². The molecule has 1 N–H and O–H groups in total. The van der Waals surface area contributed by atoms with Gasteiger partial charge >= 0.3 is 0 Å². The summed E-state index contributed by atoms with van der Waals surface area (Å²) in [6.07, 6.45) is 1.79. The van der Waals surface area contributed by atoms with Crippen molar-refractivity contribution in [2.24, 2.45) is 0 Å². The van der Waals surface area contributed by atoms with E-state index in [1.165, 1.54) is 12.1 Å². The third-order valence-corrected chi connectivity index (χ3v) is 1.84. The summed E-state index contributed by atoms with van der Waals surface area (Å²) in [4.78, 5) is 0. The molecule has 0 spiro atoms. The van der Waals surface area contributed by atoms with E-state index in [9.17, 15) is 0 Å². The lowest BCUT2D eigenvalue weighted by Crippen LogP contribution is -2.17. The highest BCUT2D eigenvalue weighted by Crippen LogP contribution is 2.10. The molecule has 0 aliphatic heterocycles. The predicted molar refractivity (Wildman–Crippen MR) is 53.1 cm³/mol. The van der Waals surface area contributed by atoms with Crippen molar-refractivity contribution < 1.29 is 1.37 Å². The Morgan fingerprint density at radius 1 is 1.58 bits per heavy atom. The molecule has 0 aliphatic carbocycles. The third-order valence-electron chi connectivity index (χ3n) is 1.84. The van der Waals surface area contributed by atoms with Gasteiger partial charge in [-0.25, -0.2) is 0 Å². The Morgan fingerprint density at radius 3 is 3.00 bits per heavy atom. The molecule has 1 aromatic carbocycles. The van der Waals surface area contributed by atoms with E-state index >= 15 is 0 Å². The van der Waals surface area contributed by atoms with Crippen LogP contribution in [0.1, 0.15) is 19.9 Å². The molecule has 0 aromatic heterocycles. The first kappa shape index (κ1) is 7.56. The molecule has 0 saturated heterocycles. The van der Waals surface area contributed by atoms with Crippen LogP contribution in [0.2, 0.25) is 0 Å². The first-order valence-electron chi connectivity index (χ1n) is 4.74. The van der Waals surface area contributed by atoms with Gasteiger partial charge in [0.2, 0.25) is 0 Å². The maximum Gasteiger partial charge on any atom is 0.0535 e. The summed E-state index contributed by atoms with van der Waals surface area (Å²) in [7, 11) is 0. The van der Waals surface area contributed by atoms with Crippen molar-refractivity contribution >= 4 is 0 Å². The van der Waals surface area contributed by atoms with Crippen LogP contribution in [0.5, 0.6) is 0 Å². The Labute approximate surface area is 75.5 Å². The van der Waals surface area contributed by atoms with E-state index in [2.05, 4.69) is 24.4 Å². The first-order valence-corrected chi connectivity index (χ1v) is 4.16. The number of hydrogen-bond donors (Lipinski definition) is 1. The summed E-state index contributed by atoms with van der Waals surface area (Å²) >= 11 is 0. The highest BCUT2D eigenvalue weighted by Gasteiger charge is 2.00. The van der Waals surface area contributed by atoms with Crippen molar-refractivity contribution in [1.29, 1.82) is 0 Å². The van der Waals surface area contributed by atoms with Gasteiger partial charge in [0.25, 0.3) is 0 Å². The molecular weight excluding hydrogens is 146 g/mol. The van der Waals surface area contributed by atoms with Crippen LogP contribution in [0.4, 0.5) is 0 Å². The molecule has 0 amide bonds. The Hall–Kier alpha value is -1.08. The average Bonchev–Trinajstić information content (AvgIpc) is 2.19. The molecule has 0 saturated carbocycles. The summed E-state index contributed by atoms with van der Waals surface area (Å²) in [5, 5.41) is 3.29. The molecule has 0 bridgehead atoms. The van der Waals surface area contributed by atoms with Gasteiger partial charge in [-0.1, -0.05) is 36.4 Å². The van der Waals surface area contributed by atoms with Gasteiger partial charge in [-0.15, -0.1) is 6.55 Å². The molecule has 64 valence electrons. The van der Waals surface area contributed by atoms with Gasteiger partial charge in [0, 0.05) is 12.6 Å². The van der Waals surface area contributed by atoms with Crippen LogP contribution in [-0.4, -0.2) is 6.54 Å². The predicted octanol–water partition coefficient (Wildman–Crippen LogP) is 2.52. The van der Waals surface area contributed by atoms with E-state index in [4.69, 9.17) is 1.37 Å². The zero-order chi connectivity index (χ0) is 9.52. The number of benzene rings is 1. The largest absolute Gasteiger partial charge is 0.307 e. The van der Waals surface area contributed by atoms with E-state index in [0.29, 0.717) is 6.04 Å². The molecule has 0 unspecified atom stereocenters. The van der Waals surface area contributed by atoms with Crippen LogP contribution >= 0.6 is 0 Å². The standard InChI is InChI=1S/C11H15N/c1-3-9-12-10(2)11-7-5-4-6-8-11/h3-8,10,12H,1,9H2,2H3/t10-/m1/s1/i1D. The lowest BCUT2D eigenvalue weighted by Gasteiger charge is -2.11. The SMILES string of the molecule is [2H]C=CCN[C@H](C)c1ccccc1. The van der Waals surface area contributed by atoms with E-state index in [1.807, 2.05) is 18.2 Å². The van der Waals surface area contributed by atoms with E-state index in [0.717, 1.165) is 6.54 Å². The minimum Gasteiger partial charge on any atom is -0.307 e. The minimum atomic E-state index is 0.345. The maximum atomic E-state index is 6.83. The van der Waals surface area contributed by atoms with Crippen molar-refractivity contribution in [2.45, 2.75) is 13.0 Å². The summed E-state index contributed by atoms with van der Waals surface area (Å²) in [6, 6.07) is 10.6. The molecular formula is C11H15N. The molecule has 0 fully saturated rings. The number of rotatable bonds is 4. The minimum absolute atomic E-state index is 0.345. The summed E-state index contributed by atoms with van der Waals surface area (Å²) in [5.74, 6) is 0. The van der Waals surface area contributed by atoms with Gasteiger partial charge in [-0.05, 0) is 12.5 Å². The fraction of sp³-hybridized carbons (Fsp3) is 0.273. The van der Waals surface area contributed by atoms with Crippen LogP contribution < -0.4 is 5.32 Å². The van der Waals surface area contributed by atoms with E-state index < -0.39 is 0 Å². The van der Waals surface area contributed by atoms with Crippen molar-refractivity contribution in [3.8, 4) is 0 Å². The third kappa shape index (κ3) is 2.51. The summed E-state index contributed by atoms with van der Waals surface area (Å²) in [5.41, 5.74) is 1.28. The molecule has 1 nitrogen and oxygen atoms in total. The number of nitrogens with one attached hydrogen (secondary N) is 1. The van der Waals surface area contributed by atoms with Crippen LogP contribution in [0.25, 0.3) is 0 Å². The molecule has 1 heteroatoms. The second-order valence-corrected chi connectivity index (χ2v) is 2.78. The summed E-state index contributed by atoms with van der Waals surface area (Å²) in [6.45, 7) is 4.18. The van der Waals surface area contributed by atoms with Gasteiger partial charge in [0.1, 0.15) is 0 Å². The highest BCUT2D eigenvalue weighted by molar-refractivity contribution is 5.18. The van der Waals surface area contributed by atoms with Gasteiger partial charge in [0.15, 0.2) is 0 Å². The Morgan fingerprint density at radius 2 is 2.33 bits per heavy atom. The average molecular weight is 162 g/mol. The Bertz CT molecular complexity index is 256. The zero-order valence-corrected chi connectivity index (χ0v) is 7.33. The first-order chi connectivity index (χ1) is 6.34. The lowest BCUT2D eigenvalue weighted by atomic mass is 10.1. The normalized spacial score (nSPS) is 14.6. The second kappa shape index (κ2) is 4.73. The van der Waals surface area contributed by atoms with Gasteiger partial charge in [0.05, 0.1) is 1.37 Å². The van der Waals surface area contributed by atoms with Gasteiger partial charge in [-0.2, -0.15) is 0 Å². The van der Waals surface area contributed by atoms with Crippen molar-refractivity contribution in [3.63, 3.8) is 0 Å². The Kier molecular flexibility index (Phi) is 2.98. The topological polar surface area (TPSA) is 12.0 Å². The smallest absolute Gasteiger partial charge is 0.0535 e. The van der Waals surface area contributed by atoms with Crippen molar-refractivity contribution in [3.05, 3.63) is 48.5 Å². The second-order valence-electron chi connectivity index (χ2n) is 2.78. The molecule has 0 heterocycles. The molecule has 1 rings (SSSR count). The highest BCUT2D eigenvalue weighted by atomic mass is 14.9. The van der Waals surface area contributed by atoms with E-state index in [-0.39, 0.29) is 0 Å². The Balaban J connectivity index is 2.44. The van der Waals surface area contributed by atoms with Crippen molar-refractivity contribution in [1.82, 2.24) is 5.32 Å². The van der Waals surface area contributed by atoms with Crippen LogP contribution in [0, 0.1) is 0 Å². The lowest BCUT2D eigenvalue weighted by molar-refractivity contribution is 0.618. The van der Waals surface area contributed by atoms with E-state index in [1.54, 1.807) is 6.08 Å². The quantitative estimate of drug-likeness (QED) is 0.671. The molecule has 12 heavy (non-hydrogen) atoms. The van der Waals surface area contributed by atoms with Crippen molar-refractivity contribution in [2.75, 3.05) is 6.54 Å². The fourth-order valence-corrected chi connectivity index (χ4v) is 1.10. The molecule has 0 aliphatic rings. The molecule has 0 radical (unpaired) electrons. The molecule has 1 atom stereocenters. The van der Waals surface area contributed by atoms with Crippen LogP contribution in [-0.2, 0) is 0 Å². The maximum absolute atomic E-state index is 6.83. The van der Waals surface area contributed by atoms with Gasteiger partial charge < -0.3 is 5.32 Å².